The van der Waals surface area contributed by atoms with Gasteiger partial charge in [0.05, 0.1) is 29.1 Å². The highest BCUT2D eigenvalue weighted by Gasteiger charge is 2.26. The van der Waals surface area contributed by atoms with E-state index < -0.39 is 11.7 Å². The molecule has 0 bridgehead atoms. The zero-order valence-electron chi connectivity index (χ0n) is 20.7. The quantitative estimate of drug-likeness (QED) is 0.209. The Morgan fingerprint density at radius 1 is 0.895 bits per heavy atom. The lowest BCUT2D eigenvalue weighted by atomic mass is 10.1. The first-order chi connectivity index (χ1) is 18.5. The Morgan fingerprint density at radius 3 is 2.29 bits per heavy atom. The van der Waals surface area contributed by atoms with Gasteiger partial charge in [0.1, 0.15) is 11.6 Å². The molecule has 0 radical (unpaired) electrons. The van der Waals surface area contributed by atoms with E-state index in [2.05, 4.69) is 0 Å². The van der Waals surface area contributed by atoms with Crippen molar-refractivity contribution in [3.63, 3.8) is 0 Å². The molecule has 0 atom stereocenters. The van der Waals surface area contributed by atoms with Gasteiger partial charge in [0.25, 0.3) is 5.91 Å². The normalized spacial score (nSPS) is 10.8. The second-order valence-corrected chi connectivity index (χ2v) is 9.24. The first-order valence-electron chi connectivity index (χ1n) is 12.1. The van der Waals surface area contributed by atoms with E-state index in [1.54, 1.807) is 33.8 Å². The average molecular weight is 526 g/mol. The Bertz CT molecular complexity index is 1550. The maximum absolute atomic E-state index is 14.7. The summed E-state index contributed by atoms with van der Waals surface area (Å²) in [5, 5.41) is 5.31. The summed E-state index contributed by atoms with van der Waals surface area (Å²) in [7, 11) is 0. The van der Waals surface area contributed by atoms with Crippen molar-refractivity contribution in [1.82, 2.24) is 14.7 Å². The van der Waals surface area contributed by atoms with Crippen molar-refractivity contribution < 1.29 is 13.9 Å². The number of carbonyl (C=O) groups excluding carboxylic acids is 1. The summed E-state index contributed by atoms with van der Waals surface area (Å²) in [5.74, 6) is 0.0810. The fourth-order valence-corrected chi connectivity index (χ4v) is 4.39. The monoisotopic (exact) mass is 525 g/mol. The van der Waals surface area contributed by atoms with Crippen LogP contribution in [-0.4, -0.2) is 20.6 Å². The molecule has 0 spiro atoms. The molecule has 1 amide bonds. The van der Waals surface area contributed by atoms with Crippen LogP contribution in [0.15, 0.2) is 109 Å². The van der Waals surface area contributed by atoms with Gasteiger partial charge in [0.15, 0.2) is 0 Å². The molecular formula is C31H25ClFN3O2. The lowest BCUT2D eigenvalue weighted by Crippen LogP contribution is -2.31. The molecule has 0 saturated carbocycles. The number of benzene rings is 4. The zero-order valence-corrected chi connectivity index (χ0v) is 21.5. The van der Waals surface area contributed by atoms with E-state index in [1.807, 2.05) is 79.7 Å². The molecule has 4 aromatic carbocycles. The number of ether oxygens (including phenoxy) is 1. The third-order valence-electron chi connectivity index (χ3n) is 6.10. The van der Waals surface area contributed by atoms with Gasteiger partial charge in [0.2, 0.25) is 5.88 Å². The summed E-state index contributed by atoms with van der Waals surface area (Å²) in [6.07, 6.45) is 0. The maximum Gasteiger partial charge on any atom is 0.257 e. The minimum Gasteiger partial charge on any atom is -0.439 e. The van der Waals surface area contributed by atoms with Crippen LogP contribution in [0.3, 0.4) is 0 Å². The van der Waals surface area contributed by atoms with Crippen LogP contribution < -0.4 is 4.74 Å². The highest BCUT2D eigenvalue weighted by atomic mass is 35.5. The molecule has 0 aliphatic rings. The van der Waals surface area contributed by atoms with Crippen molar-refractivity contribution in [2.75, 3.05) is 0 Å². The van der Waals surface area contributed by atoms with Gasteiger partial charge in [-0.25, -0.2) is 9.07 Å². The van der Waals surface area contributed by atoms with Crippen molar-refractivity contribution in [3.05, 3.63) is 142 Å². The third kappa shape index (κ3) is 5.61. The molecule has 1 heterocycles. The fourth-order valence-electron chi connectivity index (χ4n) is 4.21. The Morgan fingerprint density at radius 2 is 1.58 bits per heavy atom. The first kappa shape index (κ1) is 25.2. The second kappa shape index (κ2) is 11.3. The number of hydrogen-bond acceptors (Lipinski definition) is 3. The van der Waals surface area contributed by atoms with Gasteiger partial charge in [0, 0.05) is 11.6 Å². The van der Waals surface area contributed by atoms with Gasteiger partial charge >= 0.3 is 0 Å². The number of hydrogen-bond donors (Lipinski definition) is 0. The third-order valence-corrected chi connectivity index (χ3v) is 6.34. The van der Waals surface area contributed by atoms with Crippen molar-refractivity contribution in [3.8, 4) is 17.3 Å². The average Bonchev–Trinajstić information content (AvgIpc) is 3.24. The molecule has 0 aliphatic carbocycles. The summed E-state index contributed by atoms with van der Waals surface area (Å²) in [5.41, 5.74) is 3.02. The largest absolute Gasteiger partial charge is 0.439 e. The fraction of sp³-hybridized carbons (Fsp3) is 0.0968. The minimum atomic E-state index is -0.567. The number of rotatable bonds is 8. The van der Waals surface area contributed by atoms with Crippen LogP contribution in [0.5, 0.6) is 11.6 Å². The van der Waals surface area contributed by atoms with E-state index in [0.29, 0.717) is 33.6 Å². The first-order valence-corrected chi connectivity index (χ1v) is 12.5. The molecule has 5 aromatic rings. The van der Waals surface area contributed by atoms with Crippen LogP contribution >= 0.6 is 11.6 Å². The molecule has 0 aliphatic heterocycles. The Kier molecular flexibility index (Phi) is 7.52. The summed E-state index contributed by atoms with van der Waals surface area (Å²) in [6, 6.07) is 32.3. The van der Waals surface area contributed by atoms with Crippen molar-refractivity contribution >= 4 is 17.5 Å². The molecule has 0 fully saturated rings. The molecule has 7 heteroatoms. The molecule has 38 heavy (non-hydrogen) atoms. The van der Waals surface area contributed by atoms with E-state index in [1.165, 1.54) is 12.1 Å². The standard InChI is InChI=1S/C31H25ClFN3O2/c1-22-28(21-35(20-23-11-4-2-5-12-23)30(37)27-17-8-9-18-29(27)33)31(38-26-15-6-3-7-16-26)36(34-22)25-14-10-13-24(32)19-25/h2-19H,20-21H2,1H3. The summed E-state index contributed by atoms with van der Waals surface area (Å²) in [4.78, 5) is 15.3. The van der Waals surface area contributed by atoms with E-state index in [-0.39, 0.29) is 18.7 Å². The van der Waals surface area contributed by atoms with Crippen LogP contribution in [0.25, 0.3) is 5.69 Å². The Hall–Kier alpha value is -4.42. The van der Waals surface area contributed by atoms with Gasteiger partial charge < -0.3 is 9.64 Å². The Balaban J connectivity index is 1.60. The van der Waals surface area contributed by atoms with Gasteiger partial charge in [-0.3, -0.25) is 4.79 Å². The number of amides is 1. The Labute approximate surface area is 225 Å². The SMILES string of the molecule is Cc1nn(-c2cccc(Cl)c2)c(Oc2ccccc2)c1CN(Cc1ccccc1)C(=O)c1ccccc1F. The lowest BCUT2D eigenvalue weighted by molar-refractivity contribution is 0.0724. The maximum atomic E-state index is 14.7. The minimum absolute atomic E-state index is 0.00819. The molecule has 0 saturated heterocycles. The number of nitrogens with zero attached hydrogens (tertiary/aromatic N) is 3. The molecule has 190 valence electrons. The molecule has 5 nitrogen and oxygen atoms in total. The van der Waals surface area contributed by atoms with Crippen LogP contribution in [0, 0.1) is 12.7 Å². The van der Waals surface area contributed by atoms with Gasteiger partial charge in [-0.1, -0.05) is 78.3 Å². The van der Waals surface area contributed by atoms with Gasteiger partial charge in [-0.15, -0.1) is 0 Å². The number of carbonyl (C=O) groups is 1. The molecule has 1 aromatic heterocycles. The van der Waals surface area contributed by atoms with Crippen LogP contribution in [0.1, 0.15) is 27.2 Å². The topological polar surface area (TPSA) is 47.4 Å². The smallest absolute Gasteiger partial charge is 0.257 e. The van der Waals surface area contributed by atoms with Gasteiger partial charge in [-0.05, 0) is 55.0 Å². The number of para-hydroxylation sites is 1. The molecule has 0 unspecified atom stereocenters. The van der Waals surface area contributed by atoms with Crippen molar-refractivity contribution in [2.45, 2.75) is 20.0 Å². The van der Waals surface area contributed by atoms with Crippen LogP contribution in [-0.2, 0) is 13.1 Å². The number of aryl methyl sites for hydroxylation is 1. The van der Waals surface area contributed by atoms with Crippen LogP contribution in [0.4, 0.5) is 4.39 Å². The summed E-state index contributed by atoms with van der Waals surface area (Å²) < 4.78 is 22.7. The number of halogens is 2. The van der Waals surface area contributed by atoms with Crippen molar-refractivity contribution in [2.24, 2.45) is 0 Å². The predicted octanol–water partition coefficient (Wildman–Crippen LogP) is 7.61. The zero-order chi connectivity index (χ0) is 26.5. The highest BCUT2D eigenvalue weighted by molar-refractivity contribution is 6.30. The predicted molar refractivity (Wildman–Crippen MR) is 146 cm³/mol. The summed E-state index contributed by atoms with van der Waals surface area (Å²) in [6.45, 7) is 2.29. The summed E-state index contributed by atoms with van der Waals surface area (Å²) >= 11 is 6.28. The van der Waals surface area contributed by atoms with E-state index >= 15 is 0 Å². The van der Waals surface area contributed by atoms with Crippen LogP contribution in [0.2, 0.25) is 5.02 Å². The van der Waals surface area contributed by atoms with Gasteiger partial charge in [-0.2, -0.15) is 5.10 Å². The number of aromatic nitrogens is 2. The lowest BCUT2D eigenvalue weighted by Gasteiger charge is -2.24. The molecular weight excluding hydrogens is 501 g/mol. The van der Waals surface area contributed by atoms with E-state index in [9.17, 15) is 9.18 Å². The van der Waals surface area contributed by atoms with E-state index in [4.69, 9.17) is 21.4 Å². The highest BCUT2D eigenvalue weighted by Crippen LogP contribution is 2.33. The van der Waals surface area contributed by atoms with Crippen molar-refractivity contribution in [1.29, 1.82) is 0 Å². The molecule has 5 rings (SSSR count). The molecule has 0 N–H and O–H groups in total. The second-order valence-electron chi connectivity index (χ2n) is 8.80. The van der Waals surface area contributed by atoms with E-state index in [0.717, 1.165) is 5.56 Å².